The first-order valence-electron chi connectivity index (χ1n) is 4.47. The lowest BCUT2D eigenvalue weighted by atomic mass is 10.2. The lowest BCUT2D eigenvalue weighted by Gasteiger charge is -2.06. The van der Waals surface area contributed by atoms with E-state index in [9.17, 15) is 4.79 Å². The molecule has 82 valence electrons. The van der Waals surface area contributed by atoms with E-state index in [1.165, 1.54) is 0 Å². The van der Waals surface area contributed by atoms with Crippen molar-refractivity contribution in [3.05, 3.63) is 28.8 Å². The quantitative estimate of drug-likeness (QED) is 0.629. The predicted molar refractivity (Wildman–Crippen MR) is 66.6 cm³/mol. The highest BCUT2D eigenvalue weighted by molar-refractivity contribution is 7.98. The number of benzene rings is 1. The van der Waals surface area contributed by atoms with Gasteiger partial charge in [0.25, 0.3) is 5.91 Å². The molecule has 1 aromatic carbocycles. The van der Waals surface area contributed by atoms with E-state index in [2.05, 4.69) is 5.32 Å². The van der Waals surface area contributed by atoms with E-state index in [-0.39, 0.29) is 5.91 Å². The summed E-state index contributed by atoms with van der Waals surface area (Å²) in [4.78, 5) is 11.6. The normalized spacial score (nSPS) is 10.0. The first-order valence-corrected chi connectivity index (χ1v) is 6.24. The van der Waals surface area contributed by atoms with Gasteiger partial charge in [-0.2, -0.15) is 11.8 Å². The summed E-state index contributed by atoms with van der Waals surface area (Å²) in [5, 5.41) is 3.19. The summed E-state index contributed by atoms with van der Waals surface area (Å²) in [5.74, 6) is 0.701. The van der Waals surface area contributed by atoms with Gasteiger partial charge in [0, 0.05) is 18.0 Å². The Labute approximate surface area is 98.4 Å². The van der Waals surface area contributed by atoms with Gasteiger partial charge in [0.05, 0.1) is 10.6 Å². The summed E-state index contributed by atoms with van der Waals surface area (Å²) in [6.07, 6.45) is 1.99. The van der Waals surface area contributed by atoms with Crippen LogP contribution < -0.4 is 11.1 Å². The fraction of sp³-hybridized carbons (Fsp3) is 0.300. The van der Waals surface area contributed by atoms with Gasteiger partial charge in [-0.25, -0.2) is 0 Å². The van der Waals surface area contributed by atoms with Gasteiger partial charge >= 0.3 is 0 Å². The highest BCUT2D eigenvalue weighted by Crippen LogP contribution is 2.18. The summed E-state index contributed by atoms with van der Waals surface area (Å²) < 4.78 is 0. The van der Waals surface area contributed by atoms with Gasteiger partial charge in [0.15, 0.2) is 0 Å². The molecule has 0 unspecified atom stereocenters. The van der Waals surface area contributed by atoms with Crippen LogP contribution in [0.25, 0.3) is 0 Å². The number of rotatable bonds is 4. The van der Waals surface area contributed by atoms with Crippen LogP contribution in [-0.4, -0.2) is 24.5 Å². The van der Waals surface area contributed by atoms with Crippen LogP contribution in [0.4, 0.5) is 5.69 Å². The minimum atomic E-state index is -0.179. The Kier molecular flexibility index (Phi) is 4.78. The molecular weight excluding hydrogens is 232 g/mol. The predicted octanol–water partition coefficient (Wildman–Crippen LogP) is 2.01. The maximum absolute atomic E-state index is 11.6. The number of halogens is 1. The van der Waals surface area contributed by atoms with E-state index in [4.69, 9.17) is 17.3 Å². The van der Waals surface area contributed by atoms with Crippen molar-refractivity contribution >= 4 is 35.0 Å². The van der Waals surface area contributed by atoms with Crippen molar-refractivity contribution in [2.24, 2.45) is 0 Å². The molecule has 1 rings (SSSR count). The lowest BCUT2D eigenvalue weighted by molar-refractivity contribution is 0.0956. The topological polar surface area (TPSA) is 55.1 Å². The first-order chi connectivity index (χ1) is 7.15. The molecule has 0 aliphatic rings. The van der Waals surface area contributed by atoms with Gasteiger partial charge in [0.2, 0.25) is 0 Å². The zero-order chi connectivity index (χ0) is 11.3. The molecule has 0 atom stereocenters. The van der Waals surface area contributed by atoms with Crippen molar-refractivity contribution in [1.29, 1.82) is 0 Å². The molecule has 0 spiro atoms. The van der Waals surface area contributed by atoms with Gasteiger partial charge in [-0.15, -0.1) is 0 Å². The third-order valence-electron chi connectivity index (χ3n) is 1.83. The number of carbonyl (C=O) groups is 1. The van der Waals surface area contributed by atoms with E-state index in [0.717, 1.165) is 5.75 Å². The maximum atomic E-state index is 11.6. The number of anilines is 1. The van der Waals surface area contributed by atoms with Crippen LogP contribution in [0, 0.1) is 0 Å². The number of carbonyl (C=O) groups excluding carboxylic acids is 1. The Bertz CT molecular complexity index is 357. The number of nitrogens with one attached hydrogen (secondary N) is 1. The molecule has 0 fully saturated rings. The van der Waals surface area contributed by atoms with Crippen LogP contribution >= 0.6 is 23.4 Å². The van der Waals surface area contributed by atoms with E-state index in [1.807, 2.05) is 6.26 Å². The fourth-order valence-corrected chi connectivity index (χ4v) is 1.59. The molecule has 0 bridgehead atoms. The standard InChI is InChI=1S/C10H13ClN2OS/c1-15-5-4-13-10(14)8-6-7(12)2-3-9(8)11/h2-3,6H,4-5,12H2,1H3,(H,13,14). The minimum Gasteiger partial charge on any atom is -0.399 e. The van der Waals surface area contributed by atoms with Gasteiger partial charge < -0.3 is 11.1 Å². The Balaban J connectivity index is 2.68. The van der Waals surface area contributed by atoms with Crippen molar-refractivity contribution in [2.75, 3.05) is 24.3 Å². The lowest BCUT2D eigenvalue weighted by Crippen LogP contribution is -2.26. The van der Waals surface area contributed by atoms with Crippen molar-refractivity contribution in [3.63, 3.8) is 0 Å². The monoisotopic (exact) mass is 244 g/mol. The molecule has 1 amide bonds. The van der Waals surface area contributed by atoms with Gasteiger partial charge in [0.1, 0.15) is 0 Å². The molecule has 0 heterocycles. The average Bonchev–Trinajstić information content (AvgIpc) is 2.22. The third-order valence-corrected chi connectivity index (χ3v) is 2.77. The molecule has 5 heteroatoms. The largest absolute Gasteiger partial charge is 0.399 e. The Morgan fingerprint density at radius 1 is 1.60 bits per heavy atom. The smallest absolute Gasteiger partial charge is 0.252 e. The molecule has 0 aromatic heterocycles. The molecular formula is C10H13ClN2OS. The first kappa shape index (κ1) is 12.2. The zero-order valence-electron chi connectivity index (χ0n) is 8.42. The number of hydrogen-bond donors (Lipinski definition) is 2. The third kappa shape index (κ3) is 3.64. The summed E-state index contributed by atoms with van der Waals surface area (Å²) in [7, 11) is 0. The molecule has 0 saturated heterocycles. The highest BCUT2D eigenvalue weighted by Gasteiger charge is 2.09. The molecule has 15 heavy (non-hydrogen) atoms. The highest BCUT2D eigenvalue weighted by atomic mass is 35.5. The summed E-state index contributed by atoms with van der Waals surface area (Å²) in [6.45, 7) is 0.630. The minimum absolute atomic E-state index is 0.179. The molecule has 3 N–H and O–H groups in total. The Hall–Kier alpha value is -0.870. The summed E-state index contributed by atoms with van der Waals surface area (Å²) in [5.41, 5.74) is 6.54. The van der Waals surface area contributed by atoms with E-state index in [1.54, 1.807) is 30.0 Å². The summed E-state index contributed by atoms with van der Waals surface area (Å²) in [6, 6.07) is 4.87. The van der Waals surface area contributed by atoms with Crippen LogP contribution in [0.5, 0.6) is 0 Å². The fourth-order valence-electron chi connectivity index (χ4n) is 1.08. The average molecular weight is 245 g/mol. The number of nitrogen functional groups attached to an aromatic ring is 1. The second-order valence-electron chi connectivity index (χ2n) is 2.99. The molecule has 0 aliphatic heterocycles. The number of hydrogen-bond acceptors (Lipinski definition) is 3. The Morgan fingerprint density at radius 3 is 3.00 bits per heavy atom. The number of nitrogens with two attached hydrogens (primary N) is 1. The number of thioether (sulfide) groups is 1. The van der Waals surface area contributed by atoms with Crippen LogP contribution in [0.2, 0.25) is 5.02 Å². The number of amides is 1. The molecule has 0 radical (unpaired) electrons. The van der Waals surface area contributed by atoms with Crippen molar-refractivity contribution in [1.82, 2.24) is 5.32 Å². The van der Waals surface area contributed by atoms with Gasteiger partial charge in [-0.1, -0.05) is 11.6 Å². The second-order valence-corrected chi connectivity index (χ2v) is 4.38. The zero-order valence-corrected chi connectivity index (χ0v) is 9.99. The molecule has 0 saturated carbocycles. The second kappa shape index (κ2) is 5.88. The van der Waals surface area contributed by atoms with Gasteiger partial charge in [-0.05, 0) is 24.5 Å². The molecule has 3 nitrogen and oxygen atoms in total. The van der Waals surface area contributed by atoms with Crippen molar-refractivity contribution in [2.45, 2.75) is 0 Å². The van der Waals surface area contributed by atoms with Crippen LogP contribution in [0.1, 0.15) is 10.4 Å². The molecule has 0 aliphatic carbocycles. The van der Waals surface area contributed by atoms with E-state index < -0.39 is 0 Å². The van der Waals surface area contributed by atoms with E-state index in [0.29, 0.717) is 22.8 Å². The van der Waals surface area contributed by atoms with Crippen molar-refractivity contribution in [3.8, 4) is 0 Å². The molecule has 1 aromatic rings. The van der Waals surface area contributed by atoms with Crippen LogP contribution in [0.3, 0.4) is 0 Å². The van der Waals surface area contributed by atoms with Crippen LogP contribution in [-0.2, 0) is 0 Å². The Morgan fingerprint density at radius 2 is 2.33 bits per heavy atom. The van der Waals surface area contributed by atoms with Crippen molar-refractivity contribution < 1.29 is 4.79 Å². The van der Waals surface area contributed by atoms with Gasteiger partial charge in [-0.3, -0.25) is 4.79 Å². The SMILES string of the molecule is CSCCNC(=O)c1cc(N)ccc1Cl. The van der Waals surface area contributed by atoms with Crippen LogP contribution in [0.15, 0.2) is 18.2 Å². The van der Waals surface area contributed by atoms with E-state index >= 15 is 0 Å². The maximum Gasteiger partial charge on any atom is 0.252 e. The summed E-state index contributed by atoms with van der Waals surface area (Å²) >= 11 is 7.56.